The van der Waals surface area contributed by atoms with Gasteiger partial charge < -0.3 is 5.73 Å². The highest BCUT2D eigenvalue weighted by molar-refractivity contribution is 7.98. The van der Waals surface area contributed by atoms with E-state index in [-0.39, 0.29) is 6.04 Å². The Morgan fingerprint density at radius 3 is 2.53 bits per heavy atom. The molecule has 1 aromatic carbocycles. The smallest absolute Gasteiger partial charge is 0.0963 e. The van der Waals surface area contributed by atoms with Crippen molar-refractivity contribution in [3.05, 3.63) is 59.8 Å². The SMILES string of the molecule is CCC(N)Cc1ccc(SCc2ccccc2)nc1. The Morgan fingerprint density at radius 1 is 1.11 bits per heavy atom. The first-order chi connectivity index (χ1) is 9.28. The van der Waals surface area contributed by atoms with Crippen molar-refractivity contribution >= 4 is 11.8 Å². The predicted molar refractivity (Wildman–Crippen MR) is 82.2 cm³/mol. The van der Waals surface area contributed by atoms with Crippen LogP contribution in [-0.4, -0.2) is 11.0 Å². The zero-order valence-electron chi connectivity index (χ0n) is 11.3. The maximum atomic E-state index is 5.94. The van der Waals surface area contributed by atoms with Crippen LogP contribution in [0.25, 0.3) is 0 Å². The molecule has 2 nitrogen and oxygen atoms in total. The Hall–Kier alpha value is -1.32. The van der Waals surface area contributed by atoms with E-state index in [9.17, 15) is 0 Å². The summed E-state index contributed by atoms with van der Waals surface area (Å²) in [5, 5.41) is 1.07. The van der Waals surface area contributed by atoms with E-state index in [1.54, 1.807) is 11.8 Å². The van der Waals surface area contributed by atoms with Crippen LogP contribution in [0, 0.1) is 0 Å². The van der Waals surface area contributed by atoms with Gasteiger partial charge in [0.2, 0.25) is 0 Å². The zero-order valence-corrected chi connectivity index (χ0v) is 12.1. The first-order valence-corrected chi connectivity index (χ1v) is 7.63. The minimum Gasteiger partial charge on any atom is -0.327 e. The normalized spacial score (nSPS) is 12.3. The van der Waals surface area contributed by atoms with E-state index in [2.05, 4.69) is 48.3 Å². The van der Waals surface area contributed by atoms with Gasteiger partial charge in [-0.1, -0.05) is 43.3 Å². The molecule has 0 fully saturated rings. The van der Waals surface area contributed by atoms with Crippen LogP contribution < -0.4 is 5.73 Å². The van der Waals surface area contributed by atoms with Gasteiger partial charge in [-0.3, -0.25) is 0 Å². The summed E-state index contributed by atoms with van der Waals surface area (Å²) in [5.41, 5.74) is 8.49. The van der Waals surface area contributed by atoms with Gasteiger partial charge in [0.15, 0.2) is 0 Å². The highest BCUT2D eigenvalue weighted by Gasteiger charge is 2.02. The second kappa shape index (κ2) is 7.31. The standard InChI is InChI=1S/C16H20N2S/c1-2-15(17)10-14-8-9-16(18-11-14)19-12-13-6-4-3-5-7-13/h3-9,11,15H,2,10,12,17H2,1H3. The van der Waals surface area contributed by atoms with Crippen molar-refractivity contribution in [1.82, 2.24) is 4.98 Å². The Bertz CT molecular complexity index is 482. The van der Waals surface area contributed by atoms with Gasteiger partial charge in [-0.05, 0) is 30.0 Å². The van der Waals surface area contributed by atoms with Gasteiger partial charge in [-0.25, -0.2) is 4.98 Å². The number of aromatic nitrogens is 1. The van der Waals surface area contributed by atoms with E-state index >= 15 is 0 Å². The van der Waals surface area contributed by atoms with Crippen molar-refractivity contribution in [2.24, 2.45) is 5.73 Å². The van der Waals surface area contributed by atoms with Crippen LogP contribution in [-0.2, 0) is 12.2 Å². The minimum absolute atomic E-state index is 0.240. The van der Waals surface area contributed by atoms with Crippen molar-refractivity contribution in [2.45, 2.75) is 36.6 Å². The van der Waals surface area contributed by atoms with Crippen LogP contribution in [0.15, 0.2) is 53.7 Å². The third-order valence-electron chi connectivity index (χ3n) is 3.05. The molecule has 3 heteroatoms. The molecule has 0 aliphatic rings. The van der Waals surface area contributed by atoms with Gasteiger partial charge in [-0.2, -0.15) is 0 Å². The van der Waals surface area contributed by atoms with Crippen molar-refractivity contribution in [1.29, 1.82) is 0 Å². The van der Waals surface area contributed by atoms with Crippen LogP contribution in [0.1, 0.15) is 24.5 Å². The average molecular weight is 272 g/mol. The summed E-state index contributed by atoms with van der Waals surface area (Å²) in [6.07, 6.45) is 3.86. The van der Waals surface area contributed by atoms with E-state index in [1.165, 1.54) is 11.1 Å². The zero-order chi connectivity index (χ0) is 13.5. The minimum atomic E-state index is 0.240. The Balaban J connectivity index is 1.88. The van der Waals surface area contributed by atoms with Gasteiger partial charge in [0, 0.05) is 18.0 Å². The van der Waals surface area contributed by atoms with Gasteiger partial charge in [0.1, 0.15) is 0 Å². The number of nitrogens with two attached hydrogens (primary N) is 1. The van der Waals surface area contributed by atoms with E-state index in [1.807, 2.05) is 12.3 Å². The molecule has 1 heterocycles. The summed E-state index contributed by atoms with van der Waals surface area (Å²) in [4.78, 5) is 4.49. The predicted octanol–water partition coefficient (Wildman–Crippen LogP) is 3.65. The Labute approximate surface area is 119 Å². The molecule has 0 aliphatic heterocycles. The molecular formula is C16H20N2S. The molecule has 2 aromatic rings. The molecule has 0 radical (unpaired) electrons. The number of pyridine rings is 1. The van der Waals surface area contributed by atoms with Crippen LogP contribution in [0.2, 0.25) is 0 Å². The topological polar surface area (TPSA) is 38.9 Å². The first-order valence-electron chi connectivity index (χ1n) is 6.65. The summed E-state index contributed by atoms with van der Waals surface area (Å²) >= 11 is 1.76. The van der Waals surface area contributed by atoms with Crippen LogP contribution in [0.4, 0.5) is 0 Å². The monoisotopic (exact) mass is 272 g/mol. The molecule has 2 rings (SSSR count). The summed E-state index contributed by atoms with van der Waals surface area (Å²) in [7, 11) is 0. The molecule has 2 N–H and O–H groups in total. The number of hydrogen-bond acceptors (Lipinski definition) is 3. The number of nitrogens with zero attached hydrogens (tertiary/aromatic N) is 1. The van der Waals surface area contributed by atoms with Crippen LogP contribution in [0.5, 0.6) is 0 Å². The highest BCUT2D eigenvalue weighted by Crippen LogP contribution is 2.20. The quantitative estimate of drug-likeness (QED) is 0.816. The van der Waals surface area contributed by atoms with Crippen molar-refractivity contribution in [2.75, 3.05) is 0 Å². The third-order valence-corrected chi connectivity index (χ3v) is 4.06. The summed E-state index contributed by atoms with van der Waals surface area (Å²) in [6, 6.07) is 14.9. The molecule has 1 aromatic heterocycles. The fourth-order valence-corrected chi connectivity index (χ4v) is 2.59. The van der Waals surface area contributed by atoms with Gasteiger partial charge in [0.25, 0.3) is 0 Å². The fraction of sp³-hybridized carbons (Fsp3) is 0.312. The lowest BCUT2D eigenvalue weighted by molar-refractivity contribution is 0.644. The molecule has 0 aliphatic carbocycles. The second-order valence-electron chi connectivity index (χ2n) is 4.65. The molecule has 0 spiro atoms. The van der Waals surface area contributed by atoms with E-state index < -0.39 is 0 Å². The Kier molecular flexibility index (Phi) is 5.43. The van der Waals surface area contributed by atoms with Crippen LogP contribution >= 0.6 is 11.8 Å². The first kappa shape index (κ1) is 14.1. The maximum Gasteiger partial charge on any atom is 0.0963 e. The molecular weight excluding hydrogens is 252 g/mol. The molecule has 0 saturated heterocycles. The van der Waals surface area contributed by atoms with E-state index in [0.29, 0.717) is 0 Å². The fourth-order valence-electron chi connectivity index (χ4n) is 1.80. The van der Waals surface area contributed by atoms with Crippen molar-refractivity contribution < 1.29 is 0 Å². The molecule has 0 amide bonds. The largest absolute Gasteiger partial charge is 0.327 e. The number of hydrogen-bond donors (Lipinski definition) is 1. The van der Waals surface area contributed by atoms with Gasteiger partial charge in [0.05, 0.1) is 5.03 Å². The lowest BCUT2D eigenvalue weighted by atomic mass is 10.1. The number of thioether (sulfide) groups is 1. The van der Waals surface area contributed by atoms with Crippen molar-refractivity contribution in [3.8, 4) is 0 Å². The maximum absolute atomic E-state index is 5.94. The average Bonchev–Trinajstić information content (AvgIpc) is 2.47. The van der Waals surface area contributed by atoms with E-state index in [4.69, 9.17) is 5.73 Å². The lowest BCUT2D eigenvalue weighted by Crippen LogP contribution is -2.21. The van der Waals surface area contributed by atoms with Crippen molar-refractivity contribution in [3.63, 3.8) is 0 Å². The third kappa shape index (κ3) is 4.69. The number of benzene rings is 1. The number of rotatable bonds is 6. The van der Waals surface area contributed by atoms with Crippen LogP contribution in [0.3, 0.4) is 0 Å². The molecule has 100 valence electrons. The molecule has 1 atom stereocenters. The van der Waals surface area contributed by atoms with Gasteiger partial charge in [-0.15, -0.1) is 11.8 Å². The molecule has 1 unspecified atom stereocenters. The molecule has 19 heavy (non-hydrogen) atoms. The lowest BCUT2D eigenvalue weighted by Gasteiger charge is -2.08. The summed E-state index contributed by atoms with van der Waals surface area (Å²) in [6.45, 7) is 2.11. The highest BCUT2D eigenvalue weighted by atomic mass is 32.2. The second-order valence-corrected chi connectivity index (χ2v) is 5.65. The summed E-state index contributed by atoms with van der Waals surface area (Å²) < 4.78 is 0. The Morgan fingerprint density at radius 2 is 1.89 bits per heavy atom. The summed E-state index contributed by atoms with van der Waals surface area (Å²) in [5.74, 6) is 0.960. The van der Waals surface area contributed by atoms with Gasteiger partial charge >= 0.3 is 0 Å². The molecule has 0 saturated carbocycles. The van der Waals surface area contributed by atoms with E-state index in [0.717, 1.165) is 23.6 Å². The molecule has 0 bridgehead atoms.